The van der Waals surface area contributed by atoms with Crippen molar-refractivity contribution < 1.29 is 4.74 Å². The Morgan fingerprint density at radius 2 is 2.04 bits per heavy atom. The standard InChI is InChI=1S/C20H19ClN4O2S/c1-13-3-6-18-22-15(11-24(18)10-13)12-28-20-23-17-9-14(21)4-5-16(17)19(26)25(20)7-8-27-2/h3-6,9-11H,7-8,12H2,1-2H3. The number of fused-ring (bicyclic) bond motifs is 2. The predicted molar refractivity (Wildman–Crippen MR) is 112 cm³/mol. The third-order valence-corrected chi connectivity index (χ3v) is 5.64. The Morgan fingerprint density at radius 3 is 2.86 bits per heavy atom. The summed E-state index contributed by atoms with van der Waals surface area (Å²) in [6.45, 7) is 2.92. The third kappa shape index (κ3) is 3.78. The highest BCUT2D eigenvalue weighted by molar-refractivity contribution is 7.98. The number of aromatic nitrogens is 4. The lowest BCUT2D eigenvalue weighted by atomic mass is 10.2. The zero-order valence-electron chi connectivity index (χ0n) is 15.6. The zero-order chi connectivity index (χ0) is 19.7. The summed E-state index contributed by atoms with van der Waals surface area (Å²) in [6, 6.07) is 9.18. The maximum atomic E-state index is 12.9. The van der Waals surface area contributed by atoms with Crippen LogP contribution in [-0.4, -0.2) is 32.7 Å². The molecule has 0 spiro atoms. The third-order valence-electron chi connectivity index (χ3n) is 4.40. The molecule has 3 aromatic heterocycles. The van der Waals surface area contributed by atoms with Crippen LogP contribution in [0, 0.1) is 6.92 Å². The number of hydrogen-bond donors (Lipinski definition) is 0. The predicted octanol–water partition coefficient (Wildman–Crippen LogP) is 3.94. The van der Waals surface area contributed by atoms with E-state index in [1.54, 1.807) is 29.9 Å². The van der Waals surface area contributed by atoms with E-state index in [9.17, 15) is 4.79 Å². The molecule has 6 nitrogen and oxygen atoms in total. The van der Waals surface area contributed by atoms with E-state index in [0.717, 1.165) is 11.3 Å². The van der Waals surface area contributed by atoms with Crippen molar-refractivity contribution in [3.8, 4) is 0 Å². The number of halogens is 1. The minimum absolute atomic E-state index is 0.0909. The van der Waals surface area contributed by atoms with Crippen molar-refractivity contribution in [3.63, 3.8) is 0 Å². The summed E-state index contributed by atoms with van der Waals surface area (Å²) in [4.78, 5) is 22.3. The van der Waals surface area contributed by atoms with Crippen LogP contribution in [0.3, 0.4) is 0 Å². The molecule has 0 fully saturated rings. The average Bonchev–Trinajstić information content (AvgIpc) is 3.07. The molecule has 4 rings (SSSR count). The number of pyridine rings is 1. The Bertz CT molecular complexity index is 1220. The smallest absolute Gasteiger partial charge is 0.262 e. The normalized spacial score (nSPS) is 11.5. The van der Waals surface area contributed by atoms with Crippen molar-refractivity contribution in [2.45, 2.75) is 24.4 Å². The quantitative estimate of drug-likeness (QED) is 0.353. The molecule has 0 radical (unpaired) electrons. The van der Waals surface area contributed by atoms with E-state index in [-0.39, 0.29) is 5.56 Å². The van der Waals surface area contributed by atoms with Gasteiger partial charge in [-0.1, -0.05) is 29.4 Å². The van der Waals surface area contributed by atoms with Gasteiger partial charge < -0.3 is 9.14 Å². The van der Waals surface area contributed by atoms with Crippen LogP contribution in [0.5, 0.6) is 0 Å². The number of thioether (sulfide) groups is 1. The molecule has 8 heteroatoms. The average molecular weight is 415 g/mol. The summed E-state index contributed by atoms with van der Waals surface area (Å²) in [6.07, 6.45) is 4.05. The molecule has 0 aliphatic carbocycles. The van der Waals surface area contributed by atoms with E-state index in [0.29, 0.717) is 40.0 Å². The van der Waals surface area contributed by atoms with Gasteiger partial charge in [-0.25, -0.2) is 9.97 Å². The minimum atomic E-state index is -0.0909. The van der Waals surface area contributed by atoms with Gasteiger partial charge in [0.2, 0.25) is 0 Å². The Labute approximate surface area is 171 Å². The van der Waals surface area contributed by atoms with Gasteiger partial charge in [0.1, 0.15) is 5.65 Å². The number of hydrogen-bond acceptors (Lipinski definition) is 5. The molecule has 0 unspecified atom stereocenters. The van der Waals surface area contributed by atoms with Crippen LogP contribution in [0.4, 0.5) is 0 Å². The zero-order valence-corrected chi connectivity index (χ0v) is 17.1. The molecule has 4 aromatic rings. The van der Waals surface area contributed by atoms with Crippen LogP contribution in [-0.2, 0) is 17.0 Å². The highest BCUT2D eigenvalue weighted by Gasteiger charge is 2.13. The van der Waals surface area contributed by atoms with E-state index in [2.05, 4.69) is 9.97 Å². The van der Waals surface area contributed by atoms with Crippen LogP contribution >= 0.6 is 23.4 Å². The van der Waals surface area contributed by atoms with E-state index >= 15 is 0 Å². The number of aryl methyl sites for hydroxylation is 1. The molecular formula is C20H19ClN4O2S. The lowest BCUT2D eigenvalue weighted by Crippen LogP contribution is -2.25. The fourth-order valence-electron chi connectivity index (χ4n) is 3.03. The van der Waals surface area contributed by atoms with E-state index < -0.39 is 0 Å². The fraction of sp³-hybridized carbons (Fsp3) is 0.250. The van der Waals surface area contributed by atoms with Gasteiger partial charge in [-0.3, -0.25) is 9.36 Å². The summed E-state index contributed by atoms with van der Waals surface area (Å²) in [5.41, 5.74) is 3.50. The molecule has 0 aliphatic rings. The summed E-state index contributed by atoms with van der Waals surface area (Å²) in [7, 11) is 1.62. The fourth-order valence-corrected chi connectivity index (χ4v) is 4.10. The molecule has 0 amide bonds. The Morgan fingerprint density at radius 1 is 1.18 bits per heavy atom. The number of nitrogens with zero attached hydrogens (tertiary/aromatic N) is 4. The molecule has 0 saturated heterocycles. The van der Waals surface area contributed by atoms with Crippen molar-refractivity contribution in [2.24, 2.45) is 0 Å². The molecule has 0 N–H and O–H groups in total. The Kier molecular flexibility index (Phi) is 5.39. The van der Waals surface area contributed by atoms with Crippen molar-refractivity contribution >= 4 is 39.9 Å². The number of rotatable bonds is 6. The molecule has 0 saturated carbocycles. The van der Waals surface area contributed by atoms with E-state index in [1.807, 2.05) is 35.9 Å². The minimum Gasteiger partial charge on any atom is -0.383 e. The summed E-state index contributed by atoms with van der Waals surface area (Å²) >= 11 is 7.57. The number of imidazole rings is 1. The van der Waals surface area contributed by atoms with Gasteiger partial charge >= 0.3 is 0 Å². The Balaban J connectivity index is 1.69. The summed E-state index contributed by atoms with van der Waals surface area (Å²) in [5, 5.41) is 1.74. The number of ether oxygens (including phenoxy) is 1. The van der Waals surface area contributed by atoms with Gasteiger partial charge in [-0.15, -0.1) is 0 Å². The SMILES string of the molecule is COCCn1c(SCc2cn3cc(C)ccc3n2)nc2cc(Cl)ccc2c1=O. The Hall–Kier alpha value is -2.35. The maximum Gasteiger partial charge on any atom is 0.262 e. The van der Waals surface area contributed by atoms with Gasteiger partial charge in [0.15, 0.2) is 5.16 Å². The summed E-state index contributed by atoms with van der Waals surface area (Å²) < 4.78 is 8.84. The highest BCUT2D eigenvalue weighted by Crippen LogP contribution is 2.23. The molecular weight excluding hydrogens is 396 g/mol. The first-order valence-corrected chi connectivity index (χ1v) is 10.2. The summed E-state index contributed by atoms with van der Waals surface area (Å²) in [5.74, 6) is 0.603. The molecule has 28 heavy (non-hydrogen) atoms. The van der Waals surface area contributed by atoms with Gasteiger partial charge in [-0.2, -0.15) is 0 Å². The van der Waals surface area contributed by atoms with Gasteiger partial charge in [-0.05, 0) is 36.8 Å². The first-order valence-electron chi connectivity index (χ1n) is 8.81. The van der Waals surface area contributed by atoms with Crippen LogP contribution in [0.15, 0.2) is 52.7 Å². The van der Waals surface area contributed by atoms with Crippen LogP contribution < -0.4 is 5.56 Å². The second-order valence-corrected chi connectivity index (χ2v) is 7.88. The lowest BCUT2D eigenvalue weighted by molar-refractivity contribution is 0.183. The van der Waals surface area contributed by atoms with E-state index in [1.165, 1.54) is 17.3 Å². The molecule has 1 aromatic carbocycles. The van der Waals surface area contributed by atoms with Gasteiger partial charge in [0.25, 0.3) is 5.56 Å². The number of methoxy groups -OCH3 is 1. The van der Waals surface area contributed by atoms with Gasteiger partial charge in [0.05, 0.1) is 29.7 Å². The molecule has 144 valence electrons. The second kappa shape index (κ2) is 7.95. The van der Waals surface area contributed by atoms with E-state index in [4.69, 9.17) is 16.3 Å². The molecule has 3 heterocycles. The van der Waals surface area contributed by atoms with Crippen molar-refractivity contribution in [1.29, 1.82) is 0 Å². The second-order valence-electron chi connectivity index (χ2n) is 6.50. The van der Waals surface area contributed by atoms with Crippen LogP contribution in [0.25, 0.3) is 16.6 Å². The van der Waals surface area contributed by atoms with Crippen LogP contribution in [0.1, 0.15) is 11.3 Å². The van der Waals surface area contributed by atoms with Crippen molar-refractivity contribution in [1.82, 2.24) is 18.9 Å². The van der Waals surface area contributed by atoms with Crippen molar-refractivity contribution in [2.75, 3.05) is 13.7 Å². The highest BCUT2D eigenvalue weighted by atomic mass is 35.5. The molecule has 0 aliphatic heterocycles. The maximum absolute atomic E-state index is 12.9. The van der Waals surface area contributed by atoms with Crippen molar-refractivity contribution in [3.05, 3.63) is 69.4 Å². The topological polar surface area (TPSA) is 61.4 Å². The van der Waals surface area contributed by atoms with Gasteiger partial charge in [0, 0.05) is 30.3 Å². The monoisotopic (exact) mass is 414 g/mol. The molecule has 0 bridgehead atoms. The number of benzene rings is 1. The lowest BCUT2D eigenvalue weighted by Gasteiger charge is -2.12. The van der Waals surface area contributed by atoms with Crippen LogP contribution in [0.2, 0.25) is 5.02 Å². The largest absolute Gasteiger partial charge is 0.383 e. The molecule has 0 atom stereocenters. The first-order chi connectivity index (χ1) is 13.5. The first kappa shape index (κ1) is 19.0.